The molecule has 116 valence electrons. The largest absolute Gasteiger partial charge is 0.381 e. The van der Waals surface area contributed by atoms with Gasteiger partial charge < -0.3 is 14.8 Å². The fourth-order valence-corrected chi connectivity index (χ4v) is 2.90. The molecule has 1 N–H and O–H groups in total. The van der Waals surface area contributed by atoms with Crippen molar-refractivity contribution in [3.8, 4) is 0 Å². The lowest BCUT2D eigenvalue weighted by Crippen LogP contribution is -2.49. The van der Waals surface area contributed by atoms with Gasteiger partial charge in [-0.25, -0.2) is 0 Å². The highest BCUT2D eigenvalue weighted by atomic mass is 16.5. The van der Waals surface area contributed by atoms with E-state index < -0.39 is 0 Å². The van der Waals surface area contributed by atoms with Crippen LogP contribution in [-0.4, -0.2) is 62.9 Å². The first-order chi connectivity index (χ1) is 9.65. The van der Waals surface area contributed by atoms with E-state index in [1.807, 2.05) is 0 Å². The standard InChI is InChI=1S/C15H28N2O3/c1-12(2)10-17-5-8-20-14(11-17)9-16-15(18)13-3-6-19-7-4-13/h12-14H,3-11H2,1-2H3,(H,16,18). The molecule has 2 aliphatic rings. The molecule has 0 aromatic heterocycles. The number of ether oxygens (including phenoxy) is 2. The third-order valence-electron chi connectivity index (χ3n) is 3.94. The van der Waals surface area contributed by atoms with Gasteiger partial charge in [0.1, 0.15) is 0 Å². The van der Waals surface area contributed by atoms with Crippen molar-refractivity contribution in [3.63, 3.8) is 0 Å². The number of carbonyl (C=O) groups excluding carboxylic acids is 1. The fraction of sp³-hybridized carbons (Fsp3) is 0.933. The van der Waals surface area contributed by atoms with Crippen LogP contribution in [0.25, 0.3) is 0 Å². The van der Waals surface area contributed by atoms with Crippen LogP contribution in [-0.2, 0) is 14.3 Å². The molecule has 1 amide bonds. The Morgan fingerprint density at radius 2 is 2.05 bits per heavy atom. The van der Waals surface area contributed by atoms with Crippen LogP contribution in [0.1, 0.15) is 26.7 Å². The minimum Gasteiger partial charge on any atom is -0.381 e. The van der Waals surface area contributed by atoms with Gasteiger partial charge in [-0.2, -0.15) is 0 Å². The molecule has 5 heteroatoms. The molecule has 1 atom stereocenters. The summed E-state index contributed by atoms with van der Waals surface area (Å²) < 4.78 is 11.0. The second-order valence-electron chi connectivity index (χ2n) is 6.28. The molecular weight excluding hydrogens is 256 g/mol. The van der Waals surface area contributed by atoms with Gasteiger partial charge in [0.05, 0.1) is 12.7 Å². The van der Waals surface area contributed by atoms with E-state index in [2.05, 4.69) is 24.1 Å². The summed E-state index contributed by atoms with van der Waals surface area (Å²) in [5.74, 6) is 0.961. The summed E-state index contributed by atoms with van der Waals surface area (Å²) in [6, 6.07) is 0. The smallest absolute Gasteiger partial charge is 0.223 e. The molecule has 2 heterocycles. The normalized spacial score (nSPS) is 25.9. The Morgan fingerprint density at radius 1 is 1.30 bits per heavy atom. The first kappa shape index (κ1) is 15.7. The molecule has 2 fully saturated rings. The third kappa shape index (κ3) is 5.04. The van der Waals surface area contributed by atoms with Gasteiger partial charge in [-0.15, -0.1) is 0 Å². The molecule has 2 rings (SSSR count). The number of nitrogens with zero attached hydrogens (tertiary/aromatic N) is 1. The Kier molecular flexibility index (Phi) is 6.26. The zero-order valence-corrected chi connectivity index (χ0v) is 12.8. The molecule has 0 bridgehead atoms. The first-order valence-corrected chi connectivity index (χ1v) is 7.84. The van der Waals surface area contributed by atoms with E-state index in [4.69, 9.17) is 9.47 Å². The first-order valence-electron chi connectivity index (χ1n) is 7.84. The predicted octanol–water partition coefficient (Wildman–Crippen LogP) is 0.886. The van der Waals surface area contributed by atoms with Crippen LogP contribution in [0.4, 0.5) is 0 Å². The second kappa shape index (κ2) is 7.96. The van der Waals surface area contributed by atoms with Crippen LogP contribution in [0.5, 0.6) is 0 Å². The lowest BCUT2D eigenvalue weighted by molar-refractivity contribution is -0.129. The molecule has 1 unspecified atom stereocenters. The van der Waals surface area contributed by atoms with Gasteiger partial charge in [0.2, 0.25) is 5.91 Å². The molecule has 2 aliphatic heterocycles. The zero-order valence-electron chi connectivity index (χ0n) is 12.8. The summed E-state index contributed by atoms with van der Waals surface area (Å²) in [6.45, 7) is 10.3. The maximum atomic E-state index is 12.1. The molecule has 0 aromatic rings. The average Bonchev–Trinajstić information content (AvgIpc) is 2.45. The maximum Gasteiger partial charge on any atom is 0.223 e. The summed E-state index contributed by atoms with van der Waals surface area (Å²) in [4.78, 5) is 14.5. The minimum atomic E-state index is 0.124. The number of carbonyl (C=O) groups is 1. The predicted molar refractivity (Wildman–Crippen MR) is 77.6 cm³/mol. The Morgan fingerprint density at radius 3 is 2.75 bits per heavy atom. The summed E-state index contributed by atoms with van der Waals surface area (Å²) in [5, 5.41) is 3.05. The quantitative estimate of drug-likeness (QED) is 0.814. The van der Waals surface area contributed by atoms with E-state index in [1.54, 1.807) is 0 Å². The lowest BCUT2D eigenvalue weighted by Gasteiger charge is -2.34. The summed E-state index contributed by atoms with van der Waals surface area (Å²) in [5.41, 5.74) is 0. The third-order valence-corrected chi connectivity index (χ3v) is 3.94. The molecular formula is C15H28N2O3. The van der Waals surface area contributed by atoms with Crippen molar-refractivity contribution in [2.24, 2.45) is 11.8 Å². The highest BCUT2D eigenvalue weighted by Gasteiger charge is 2.24. The van der Waals surface area contributed by atoms with Crippen LogP contribution in [0, 0.1) is 11.8 Å². The van der Waals surface area contributed by atoms with Gasteiger partial charge in [0.15, 0.2) is 0 Å². The van der Waals surface area contributed by atoms with Crippen LogP contribution in [0.2, 0.25) is 0 Å². The molecule has 20 heavy (non-hydrogen) atoms. The van der Waals surface area contributed by atoms with Crippen molar-refractivity contribution in [1.29, 1.82) is 0 Å². The number of nitrogens with one attached hydrogen (secondary N) is 1. The Balaban J connectivity index is 1.68. The van der Waals surface area contributed by atoms with E-state index >= 15 is 0 Å². The highest BCUT2D eigenvalue weighted by Crippen LogP contribution is 2.14. The van der Waals surface area contributed by atoms with Gasteiger partial charge in [-0.1, -0.05) is 13.8 Å². The number of morpholine rings is 1. The topological polar surface area (TPSA) is 50.8 Å². The summed E-state index contributed by atoms with van der Waals surface area (Å²) in [6.07, 6.45) is 1.82. The van der Waals surface area contributed by atoms with Gasteiger partial charge in [-0.3, -0.25) is 9.69 Å². The van der Waals surface area contributed by atoms with Gasteiger partial charge in [-0.05, 0) is 18.8 Å². The molecule has 5 nitrogen and oxygen atoms in total. The van der Waals surface area contributed by atoms with Crippen molar-refractivity contribution < 1.29 is 14.3 Å². The lowest BCUT2D eigenvalue weighted by atomic mass is 9.99. The number of rotatable bonds is 5. The number of hydrogen-bond acceptors (Lipinski definition) is 4. The molecule has 0 aliphatic carbocycles. The molecule has 0 saturated carbocycles. The van der Waals surface area contributed by atoms with Crippen molar-refractivity contribution in [2.45, 2.75) is 32.8 Å². The van der Waals surface area contributed by atoms with Crippen molar-refractivity contribution in [1.82, 2.24) is 10.2 Å². The monoisotopic (exact) mass is 284 g/mol. The van der Waals surface area contributed by atoms with Crippen molar-refractivity contribution in [3.05, 3.63) is 0 Å². The van der Waals surface area contributed by atoms with E-state index in [-0.39, 0.29) is 17.9 Å². The van der Waals surface area contributed by atoms with Gasteiger partial charge >= 0.3 is 0 Å². The van der Waals surface area contributed by atoms with E-state index in [0.29, 0.717) is 25.7 Å². The van der Waals surface area contributed by atoms with Gasteiger partial charge in [0.25, 0.3) is 0 Å². The minimum absolute atomic E-state index is 0.124. The molecule has 2 saturated heterocycles. The highest BCUT2D eigenvalue weighted by molar-refractivity contribution is 5.78. The summed E-state index contributed by atoms with van der Waals surface area (Å²) >= 11 is 0. The Hall–Kier alpha value is -0.650. The van der Waals surface area contributed by atoms with Crippen molar-refractivity contribution >= 4 is 5.91 Å². The van der Waals surface area contributed by atoms with Crippen molar-refractivity contribution in [2.75, 3.05) is 46.0 Å². The number of hydrogen-bond donors (Lipinski definition) is 1. The molecule has 0 radical (unpaired) electrons. The molecule has 0 aromatic carbocycles. The Bertz CT molecular complexity index is 303. The van der Waals surface area contributed by atoms with Crippen LogP contribution in [0.15, 0.2) is 0 Å². The van der Waals surface area contributed by atoms with E-state index in [9.17, 15) is 4.79 Å². The van der Waals surface area contributed by atoms with Crippen LogP contribution < -0.4 is 5.32 Å². The maximum absolute atomic E-state index is 12.1. The van der Waals surface area contributed by atoms with E-state index in [0.717, 1.165) is 39.1 Å². The van der Waals surface area contributed by atoms with Crippen LogP contribution in [0.3, 0.4) is 0 Å². The Labute approximate surface area is 122 Å². The summed E-state index contributed by atoms with van der Waals surface area (Å²) in [7, 11) is 0. The second-order valence-corrected chi connectivity index (χ2v) is 6.28. The fourth-order valence-electron chi connectivity index (χ4n) is 2.90. The van der Waals surface area contributed by atoms with E-state index in [1.165, 1.54) is 0 Å². The number of amides is 1. The van der Waals surface area contributed by atoms with Crippen LogP contribution >= 0.6 is 0 Å². The van der Waals surface area contributed by atoms with Gasteiger partial charge in [0, 0.05) is 45.3 Å². The average molecular weight is 284 g/mol. The molecule has 0 spiro atoms. The zero-order chi connectivity index (χ0) is 14.4. The SMILES string of the molecule is CC(C)CN1CCOC(CNC(=O)C2CCOCC2)C1.